The van der Waals surface area contributed by atoms with E-state index in [4.69, 9.17) is 9.94 Å². The highest BCUT2D eigenvalue weighted by Gasteiger charge is 2.11. The molecule has 1 unspecified atom stereocenters. The van der Waals surface area contributed by atoms with Crippen molar-refractivity contribution in [2.75, 3.05) is 0 Å². The molecule has 0 saturated heterocycles. The molecule has 2 aromatic heterocycles. The molecule has 124 valence electrons. The fraction of sp³-hybridized carbons (Fsp3) is 0.125. The van der Waals surface area contributed by atoms with Crippen LogP contribution in [-0.2, 0) is 6.54 Å². The summed E-state index contributed by atoms with van der Waals surface area (Å²) >= 11 is 0. The first-order valence-electron chi connectivity index (χ1n) is 7.19. The highest BCUT2D eigenvalue weighted by Crippen LogP contribution is 2.20. The number of rotatable bonds is 6. The van der Waals surface area contributed by atoms with Crippen molar-refractivity contribution in [3.63, 3.8) is 0 Å². The lowest BCUT2D eigenvalue weighted by Gasteiger charge is -2.07. The van der Waals surface area contributed by atoms with Crippen LogP contribution in [0.2, 0.25) is 0 Å². The molecular formula is C16H16N4O4. The lowest BCUT2D eigenvalue weighted by atomic mass is 10.2. The summed E-state index contributed by atoms with van der Waals surface area (Å²) in [6.45, 7) is 0.322. The molecule has 0 radical (unpaired) electrons. The average Bonchev–Trinajstić information content (AvgIpc) is 2.97. The number of hydrogen-bond acceptors (Lipinski definition) is 6. The van der Waals surface area contributed by atoms with Crippen molar-refractivity contribution in [3.8, 4) is 11.5 Å². The van der Waals surface area contributed by atoms with Crippen molar-refractivity contribution in [2.45, 2.75) is 12.8 Å². The van der Waals surface area contributed by atoms with Gasteiger partial charge in [-0.2, -0.15) is 5.48 Å². The molecule has 0 fully saturated rings. The van der Waals surface area contributed by atoms with Crippen LogP contribution in [0.5, 0.6) is 11.5 Å². The zero-order valence-corrected chi connectivity index (χ0v) is 12.6. The lowest BCUT2D eigenvalue weighted by molar-refractivity contribution is -0.00174. The topological polar surface area (TPSA) is 112 Å². The number of H-pyrrole nitrogens is 1. The van der Waals surface area contributed by atoms with Gasteiger partial charge in [-0.3, -0.25) is 9.55 Å². The normalized spacial score (nSPS) is 12.1. The molecule has 8 nitrogen and oxygen atoms in total. The molecule has 8 heteroatoms. The van der Waals surface area contributed by atoms with Crippen molar-refractivity contribution >= 4 is 0 Å². The number of aliphatic hydroxyl groups excluding tert-OH is 1. The van der Waals surface area contributed by atoms with Crippen LogP contribution < -0.4 is 15.9 Å². The number of aliphatic hydroxyl groups is 1. The zero-order chi connectivity index (χ0) is 16.9. The highest BCUT2D eigenvalue weighted by molar-refractivity contribution is 5.32. The number of ether oxygens (including phenoxy) is 1. The van der Waals surface area contributed by atoms with Gasteiger partial charge < -0.3 is 20.0 Å². The van der Waals surface area contributed by atoms with Crippen LogP contribution >= 0.6 is 0 Å². The molecule has 0 bridgehead atoms. The van der Waals surface area contributed by atoms with Crippen LogP contribution in [0.4, 0.5) is 0 Å². The number of aromatic nitrogens is 3. The Balaban J connectivity index is 1.70. The van der Waals surface area contributed by atoms with E-state index >= 15 is 0 Å². The second-order valence-corrected chi connectivity index (χ2v) is 5.10. The number of nitrogens with zero attached hydrogens (tertiary/aromatic N) is 2. The molecule has 0 aliphatic rings. The fourth-order valence-corrected chi connectivity index (χ4v) is 2.18. The van der Waals surface area contributed by atoms with E-state index in [-0.39, 0.29) is 11.4 Å². The molecule has 0 amide bonds. The summed E-state index contributed by atoms with van der Waals surface area (Å²) in [5.41, 5.74) is 2.36. The summed E-state index contributed by atoms with van der Waals surface area (Å²) in [7, 11) is 0. The van der Waals surface area contributed by atoms with E-state index < -0.39 is 6.23 Å². The Morgan fingerprint density at radius 2 is 1.83 bits per heavy atom. The van der Waals surface area contributed by atoms with E-state index in [0.717, 1.165) is 5.56 Å². The number of hydroxylamine groups is 1. The van der Waals surface area contributed by atoms with Crippen molar-refractivity contribution < 1.29 is 15.1 Å². The van der Waals surface area contributed by atoms with Gasteiger partial charge in [0.2, 0.25) is 0 Å². The fourth-order valence-electron chi connectivity index (χ4n) is 2.18. The van der Waals surface area contributed by atoms with Gasteiger partial charge in [0.15, 0.2) is 6.23 Å². The number of pyridine rings is 1. The Kier molecular flexibility index (Phi) is 4.71. The summed E-state index contributed by atoms with van der Waals surface area (Å²) in [5, 5.41) is 18.1. The monoisotopic (exact) mass is 328 g/mol. The summed E-state index contributed by atoms with van der Waals surface area (Å²) in [5.74, 6) is 1.36. The minimum absolute atomic E-state index is 0.181. The van der Waals surface area contributed by atoms with Gasteiger partial charge in [-0.15, -0.1) is 0 Å². The van der Waals surface area contributed by atoms with E-state index in [2.05, 4.69) is 9.97 Å². The number of nitrogens with one attached hydrogen (secondary N) is 2. The van der Waals surface area contributed by atoms with E-state index in [1.54, 1.807) is 42.1 Å². The summed E-state index contributed by atoms with van der Waals surface area (Å²) in [6.07, 6.45) is 3.40. The summed E-state index contributed by atoms with van der Waals surface area (Å²) in [4.78, 5) is 18.2. The van der Waals surface area contributed by atoms with Crippen LogP contribution in [0.3, 0.4) is 0 Å². The maximum absolute atomic E-state index is 11.8. The first kappa shape index (κ1) is 15.9. The van der Waals surface area contributed by atoms with Crippen LogP contribution in [0.15, 0.2) is 59.8 Å². The van der Waals surface area contributed by atoms with Gasteiger partial charge in [-0.25, -0.2) is 4.79 Å². The number of benzene rings is 1. The molecule has 0 aliphatic heterocycles. The molecule has 1 aromatic carbocycles. The molecule has 0 spiro atoms. The van der Waals surface area contributed by atoms with E-state index in [1.165, 1.54) is 10.8 Å². The molecule has 2 heterocycles. The van der Waals surface area contributed by atoms with Crippen LogP contribution in [0.25, 0.3) is 0 Å². The van der Waals surface area contributed by atoms with Gasteiger partial charge in [0.25, 0.3) is 0 Å². The maximum atomic E-state index is 11.8. The van der Waals surface area contributed by atoms with Crippen molar-refractivity contribution in [1.29, 1.82) is 0 Å². The highest BCUT2D eigenvalue weighted by atomic mass is 16.5. The Bertz CT molecular complexity index is 843. The molecule has 1 atom stereocenters. The third-order valence-electron chi connectivity index (χ3n) is 3.39. The first-order chi connectivity index (χ1) is 11.7. The second-order valence-electron chi connectivity index (χ2n) is 5.10. The summed E-state index contributed by atoms with van der Waals surface area (Å²) < 4.78 is 7.07. The Hall–Kier alpha value is -2.94. The Labute approximate surface area is 137 Å². The van der Waals surface area contributed by atoms with Crippen LogP contribution in [-0.4, -0.2) is 24.8 Å². The Morgan fingerprint density at radius 3 is 2.50 bits per heavy atom. The smallest absolute Gasteiger partial charge is 0.326 e. The molecule has 4 N–H and O–H groups in total. The largest absolute Gasteiger partial charge is 0.457 e. The minimum atomic E-state index is -1.34. The van der Waals surface area contributed by atoms with E-state index in [1.807, 2.05) is 12.1 Å². The first-order valence-corrected chi connectivity index (χ1v) is 7.19. The molecule has 0 saturated carbocycles. The van der Waals surface area contributed by atoms with Gasteiger partial charge in [-0.05, 0) is 29.8 Å². The number of hydrogen-bond donors (Lipinski definition) is 4. The molecule has 0 aliphatic carbocycles. The quantitative estimate of drug-likeness (QED) is 0.402. The van der Waals surface area contributed by atoms with Gasteiger partial charge in [0.1, 0.15) is 11.5 Å². The predicted molar refractivity (Wildman–Crippen MR) is 84.8 cm³/mol. The number of aromatic amines is 1. The molecule has 3 rings (SSSR count). The van der Waals surface area contributed by atoms with Crippen molar-refractivity contribution in [3.05, 3.63) is 76.7 Å². The third kappa shape index (κ3) is 3.69. The summed E-state index contributed by atoms with van der Waals surface area (Å²) in [6, 6.07) is 10.8. The van der Waals surface area contributed by atoms with Gasteiger partial charge in [-0.1, -0.05) is 12.1 Å². The third-order valence-corrected chi connectivity index (χ3v) is 3.39. The lowest BCUT2D eigenvalue weighted by Crippen LogP contribution is -2.18. The average molecular weight is 328 g/mol. The van der Waals surface area contributed by atoms with Crippen LogP contribution in [0.1, 0.15) is 17.5 Å². The van der Waals surface area contributed by atoms with Gasteiger partial charge in [0.05, 0.1) is 12.2 Å². The van der Waals surface area contributed by atoms with E-state index in [9.17, 15) is 9.90 Å². The van der Waals surface area contributed by atoms with Gasteiger partial charge >= 0.3 is 5.69 Å². The van der Waals surface area contributed by atoms with Crippen molar-refractivity contribution in [1.82, 2.24) is 20.0 Å². The van der Waals surface area contributed by atoms with Crippen molar-refractivity contribution in [2.24, 2.45) is 0 Å². The standard InChI is InChI=1S/C16H16N4O4/c21-15(19-23)14-10-20(16(22)18-14)9-11-1-3-12(4-2-11)24-13-5-7-17-8-6-13/h1-8,10,15,19,21,23H,9H2,(H,18,22). The Morgan fingerprint density at radius 1 is 1.17 bits per heavy atom. The maximum Gasteiger partial charge on any atom is 0.326 e. The second kappa shape index (κ2) is 7.09. The predicted octanol–water partition coefficient (Wildman–Crippen LogP) is 1.38. The SMILES string of the molecule is O=c1[nH]c(C(O)NO)cn1Cc1ccc(Oc2ccncc2)cc1. The van der Waals surface area contributed by atoms with Gasteiger partial charge in [0, 0.05) is 18.6 Å². The number of imidazole rings is 1. The van der Waals surface area contributed by atoms with E-state index in [0.29, 0.717) is 18.0 Å². The zero-order valence-electron chi connectivity index (χ0n) is 12.6. The molecule has 24 heavy (non-hydrogen) atoms. The minimum Gasteiger partial charge on any atom is -0.457 e. The van der Waals surface area contributed by atoms with Crippen LogP contribution in [0, 0.1) is 0 Å². The molecule has 3 aromatic rings. The molecular weight excluding hydrogens is 312 g/mol.